The van der Waals surface area contributed by atoms with Gasteiger partial charge in [-0.2, -0.15) is 0 Å². The SMILES string of the molecule is COc1cc2c(c([N+](=O)[O-])c1)NC(C(C)C)C1CC=CC21. The Kier molecular flexibility index (Phi) is 3.35. The van der Waals surface area contributed by atoms with Gasteiger partial charge in [-0.25, -0.2) is 0 Å². The van der Waals surface area contributed by atoms with Gasteiger partial charge in [0.15, 0.2) is 0 Å². The summed E-state index contributed by atoms with van der Waals surface area (Å²) in [6.07, 6.45) is 5.39. The Labute approximate surface area is 124 Å². The number of nitro benzene ring substituents is 1. The highest BCUT2D eigenvalue weighted by molar-refractivity contribution is 5.72. The molecular weight excluding hydrogens is 268 g/mol. The molecule has 5 heteroatoms. The highest BCUT2D eigenvalue weighted by atomic mass is 16.6. The first-order chi connectivity index (χ1) is 10.0. The molecule has 1 aliphatic heterocycles. The highest BCUT2D eigenvalue weighted by Crippen LogP contribution is 2.50. The van der Waals surface area contributed by atoms with Crippen molar-refractivity contribution < 1.29 is 9.66 Å². The summed E-state index contributed by atoms with van der Waals surface area (Å²) in [5.41, 5.74) is 1.75. The van der Waals surface area contributed by atoms with Crippen LogP contribution in [-0.2, 0) is 0 Å². The van der Waals surface area contributed by atoms with Crippen LogP contribution in [-0.4, -0.2) is 18.1 Å². The zero-order valence-corrected chi connectivity index (χ0v) is 12.5. The van der Waals surface area contributed by atoms with E-state index in [0.29, 0.717) is 23.3 Å². The van der Waals surface area contributed by atoms with Crippen LogP contribution in [0, 0.1) is 22.0 Å². The van der Waals surface area contributed by atoms with Crippen molar-refractivity contribution in [1.29, 1.82) is 0 Å². The number of fused-ring (bicyclic) bond motifs is 3. The molecule has 0 aromatic heterocycles. The first-order valence-electron chi connectivity index (χ1n) is 7.32. The molecule has 1 aromatic rings. The van der Waals surface area contributed by atoms with Crippen molar-refractivity contribution in [3.63, 3.8) is 0 Å². The van der Waals surface area contributed by atoms with E-state index in [1.54, 1.807) is 7.11 Å². The summed E-state index contributed by atoms with van der Waals surface area (Å²) in [7, 11) is 1.54. The Bertz CT molecular complexity index is 610. The van der Waals surface area contributed by atoms with E-state index in [9.17, 15) is 10.1 Å². The number of allylic oxidation sites excluding steroid dienone is 2. The molecule has 1 aromatic carbocycles. The second kappa shape index (κ2) is 5.06. The van der Waals surface area contributed by atoms with Gasteiger partial charge in [0.25, 0.3) is 5.69 Å². The first kappa shape index (κ1) is 13.9. The van der Waals surface area contributed by atoms with Crippen LogP contribution in [0.3, 0.4) is 0 Å². The number of hydrogen-bond acceptors (Lipinski definition) is 4. The Balaban J connectivity index is 2.17. The van der Waals surface area contributed by atoms with E-state index in [2.05, 4.69) is 31.3 Å². The summed E-state index contributed by atoms with van der Waals surface area (Å²) in [5, 5.41) is 14.8. The first-order valence-corrected chi connectivity index (χ1v) is 7.32. The van der Waals surface area contributed by atoms with Gasteiger partial charge in [0.1, 0.15) is 11.4 Å². The fourth-order valence-corrected chi connectivity index (χ4v) is 3.61. The highest BCUT2D eigenvalue weighted by Gasteiger charge is 2.41. The number of ether oxygens (including phenoxy) is 1. The molecule has 112 valence electrons. The smallest absolute Gasteiger partial charge is 0.296 e. The lowest BCUT2D eigenvalue weighted by molar-refractivity contribution is -0.384. The molecule has 3 atom stereocenters. The number of rotatable bonds is 3. The topological polar surface area (TPSA) is 64.4 Å². The Morgan fingerprint density at radius 1 is 1.43 bits per heavy atom. The van der Waals surface area contributed by atoms with Crippen molar-refractivity contribution in [3.05, 3.63) is 40.0 Å². The van der Waals surface area contributed by atoms with Gasteiger partial charge in [-0.15, -0.1) is 0 Å². The molecule has 0 spiro atoms. The van der Waals surface area contributed by atoms with Crippen LogP contribution < -0.4 is 10.1 Å². The van der Waals surface area contributed by atoms with Crippen LogP contribution >= 0.6 is 0 Å². The fraction of sp³-hybridized carbons (Fsp3) is 0.500. The molecule has 2 aliphatic rings. The van der Waals surface area contributed by atoms with E-state index >= 15 is 0 Å². The van der Waals surface area contributed by atoms with E-state index in [4.69, 9.17) is 4.74 Å². The van der Waals surface area contributed by atoms with Gasteiger partial charge in [-0.05, 0) is 29.9 Å². The second-order valence-electron chi connectivity index (χ2n) is 6.14. The minimum atomic E-state index is -0.329. The third-order valence-corrected chi connectivity index (χ3v) is 4.62. The molecule has 0 bridgehead atoms. The lowest BCUT2D eigenvalue weighted by atomic mass is 9.75. The minimum Gasteiger partial charge on any atom is -0.496 e. The normalized spacial score (nSPS) is 26.2. The molecular formula is C16H20N2O3. The third-order valence-electron chi connectivity index (χ3n) is 4.62. The van der Waals surface area contributed by atoms with Crippen molar-refractivity contribution in [2.45, 2.75) is 32.2 Å². The van der Waals surface area contributed by atoms with Crippen LogP contribution in [0.4, 0.5) is 11.4 Å². The van der Waals surface area contributed by atoms with Crippen molar-refractivity contribution in [1.82, 2.24) is 0 Å². The van der Waals surface area contributed by atoms with Crippen molar-refractivity contribution in [2.75, 3.05) is 12.4 Å². The predicted octanol–water partition coefficient (Wildman–Crippen LogP) is 3.71. The average molecular weight is 288 g/mol. The van der Waals surface area contributed by atoms with Crippen molar-refractivity contribution in [3.8, 4) is 5.75 Å². The average Bonchev–Trinajstić information content (AvgIpc) is 2.94. The molecule has 0 saturated carbocycles. The van der Waals surface area contributed by atoms with E-state index in [1.165, 1.54) is 6.07 Å². The minimum absolute atomic E-state index is 0.105. The van der Waals surface area contributed by atoms with Gasteiger partial charge in [-0.3, -0.25) is 10.1 Å². The summed E-state index contributed by atoms with van der Waals surface area (Å²) < 4.78 is 5.24. The molecule has 0 saturated heterocycles. The molecule has 3 unspecified atom stereocenters. The number of nitro groups is 1. The number of benzene rings is 1. The van der Waals surface area contributed by atoms with Gasteiger partial charge in [0.05, 0.1) is 18.1 Å². The van der Waals surface area contributed by atoms with Crippen LogP contribution in [0.2, 0.25) is 0 Å². The number of nitrogens with zero attached hydrogens (tertiary/aromatic N) is 1. The van der Waals surface area contributed by atoms with Gasteiger partial charge >= 0.3 is 0 Å². The Hall–Kier alpha value is -2.04. The number of hydrogen-bond donors (Lipinski definition) is 1. The van der Waals surface area contributed by atoms with E-state index in [0.717, 1.165) is 12.0 Å². The number of anilines is 1. The van der Waals surface area contributed by atoms with Crippen LogP contribution in [0.5, 0.6) is 5.75 Å². The summed E-state index contributed by atoms with van der Waals surface area (Å²) in [4.78, 5) is 11.1. The Morgan fingerprint density at radius 3 is 2.81 bits per heavy atom. The summed E-state index contributed by atoms with van der Waals surface area (Å²) in [6.45, 7) is 4.32. The van der Waals surface area contributed by atoms with Gasteiger partial charge in [0, 0.05) is 12.0 Å². The van der Waals surface area contributed by atoms with Gasteiger partial charge in [0.2, 0.25) is 0 Å². The van der Waals surface area contributed by atoms with Gasteiger partial charge in [-0.1, -0.05) is 26.0 Å². The molecule has 0 radical (unpaired) electrons. The predicted molar refractivity (Wildman–Crippen MR) is 81.9 cm³/mol. The summed E-state index contributed by atoms with van der Waals surface area (Å²) in [5.74, 6) is 1.67. The Morgan fingerprint density at radius 2 is 2.19 bits per heavy atom. The largest absolute Gasteiger partial charge is 0.496 e. The zero-order chi connectivity index (χ0) is 15.1. The molecule has 5 nitrogen and oxygen atoms in total. The molecule has 0 fully saturated rings. The fourth-order valence-electron chi connectivity index (χ4n) is 3.61. The maximum absolute atomic E-state index is 11.4. The molecule has 1 heterocycles. The van der Waals surface area contributed by atoms with Crippen LogP contribution in [0.25, 0.3) is 0 Å². The van der Waals surface area contributed by atoms with Crippen LogP contribution in [0.15, 0.2) is 24.3 Å². The maximum Gasteiger partial charge on any atom is 0.296 e. The summed E-state index contributed by atoms with van der Waals surface area (Å²) in [6, 6.07) is 3.69. The van der Waals surface area contributed by atoms with Gasteiger partial charge < -0.3 is 10.1 Å². The summed E-state index contributed by atoms with van der Waals surface area (Å²) >= 11 is 0. The molecule has 3 rings (SSSR count). The lowest BCUT2D eigenvalue weighted by Gasteiger charge is -2.39. The van der Waals surface area contributed by atoms with E-state index < -0.39 is 0 Å². The number of nitrogens with one attached hydrogen (secondary N) is 1. The molecule has 1 N–H and O–H groups in total. The molecule has 1 aliphatic carbocycles. The van der Waals surface area contributed by atoms with Crippen molar-refractivity contribution in [2.24, 2.45) is 11.8 Å². The lowest BCUT2D eigenvalue weighted by Crippen LogP contribution is -2.39. The van der Waals surface area contributed by atoms with Crippen LogP contribution in [0.1, 0.15) is 31.7 Å². The zero-order valence-electron chi connectivity index (χ0n) is 12.5. The maximum atomic E-state index is 11.4. The quantitative estimate of drug-likeness (QED) is 0.523. The molecule has 21 heavy (non-hydrogen) atoms. The van der Waals surface area contributed by atoms with E-state index in [1.807, 2.05) is 6.07 Å². The number of methoxy groups -OCH3 is 1. The molecule has 0 amide bonds. The van der Waals surface area contributed by atoms with Crippen molar-refractivity contribution >= 4 is 11.4 Å². The third kappa shape index (κ3) is 2.17. The standard InChI is InChI=1S/C16H20N2O3/c1-9(2)15-12-6-4-5-11(12)13-7-10(21-3)8-14(18(19)20)16(13)17-15/h4-5,7-9,11-12,15,17H,6H2,1-3H3. The van der Waals surface area contributed by atoms with E-state index in [-0.39, 0.29) is 22.6 Å². The second-order valence-corrected chi connectivity index (χ2v) is 6.14. The monoisotopic (exact) mass is 288 g/mol.